The molecule has 0 atom stereocenters. The largest absolute Gasteiger partial charge is 0.490 e. The molecule has 3 aromatic rings. The first-order valence-corrected chi connectivity index (χ1v) is 8.28. The van der Waals surface area contributed by atoms with Gasteiger partial charge in [0, 0.05) is 17.1 Å². The molecule has 2 aromatic carbocycles. The zero-order valence-corrected chi connectivity index (χ0v) is 14.7. The van der Waals surface area contributed by atoms with Crippen molar-refractivity contribution >= 4 is 22.8 Å². The second-order valence-electron chi connectivity index (χ2n) is 5.70. The average Bonchev–Trinajstić information content (AvgIpc) is 3.04. The summed E-state index contributed by atoms with van der Waals surface area (Å²) in [6.07, 6.45) is 1.58. The summed E-state index contributed by atoms with van der Waals surface area (Å²) in [5.74, 6) is -0.786. The van der Waals surface area contributed by atoms with E-state index in [1.807, 2.05) is 18.2 Å². The lowest BCUT2D eigenvalue weighted by Gasteiger charge is -2.08. The van der Waals surface area contributed by atoms with Gasteiger partial charge in [0.2, 0.25) is 0 Å². The summed E-state index contributed by atoms with van der Waals surface area (Å²) in [5.41, 5.74) is 1.12. The molecule has 0 saturated heterocycles. The number of methoxy groups -OCH3 is 1. The monoisotopic (exact) mass is 371 g/mol. The van der Waals surface area contributed by atoms with Crippen molar-refractivity contribution in [2.24, 2.45) is 0 Å². The molecule has 0 saturated carbocycles. The van der Waals surface area contributed by atoms with Gasteiger partial charge >= 0.3 is 11.9 Å². The van der Waals surface area contributed by atoms with Crippen LogP contribution in [0.4, 0.5) is 4.39 Å². The molecule has 140 valence electrons. The fourth-order valence-electron chi connectivity index (χ4n) is 2.68. The van der Waals surface area contributed by atoms with E-state index in [1.54, 1.807) is 16.8 Å². The molecule has 0 radical (unpaired) electrons. The highest BCUT2D eigenvalue weighted by Crippen LogP contribution is 2.22. The fourth-order valence-corrected chi connectivity index (χ4v) is 2.68. The SMILES string of the molecule is COC(=O)c1cn(CC(=O)OCCOc2ccc(F)cc2)c2ccccc12. The van der Waals surface area contributed by atoms with Crippen molar-refractivity contribution < 1.29 is 28.2 Å². The number of benzene rings is 2. The highest BCUT2D eigenvalue weighted by atomic mass is 19.1. The van der Waals surface area contributed by atoms with E-state index in [-0.39, 0.29) is 25.6 Å². The van der Waals surface area contributed by atoms with E-state index >= 15 is 0 Å². The zero-order chi connectivity index (χ0) is 19.2. The maximum Gasteiger partial charge on any atom is 0.340 e. The number of fused-ring (bicyclic) bond motifs is 1. The van der Waals surface area contributed by atoms with Crippen molar-refractivity contribution in [3.05, 3.63) is 66.1 Å². The van der Waals surface area contributed by atoms with Crippen LogP contribution in [0.5, 0.6) is 5.75 Å². The molecular weight excluding hydrogens is 353 g/mol. The van der Waals surface area contributed by atoms with Crippen LogP contribution >= 0.6 is 0 Å². The standard InChI is InChI=1S/C20H18FNO5/c1-25-20(24)17-12-22(18-5-3-2-4-16(17)18)13-19(23)27-11-10-26-15-8-6-14(21)7-9-15/h2-9,12H,10-11,13H2,1H3. The number of ether oxygens (including phenoxy) is 3. The van der Waals surface area contributed by atoms with Crippen LogP contribution in [0.25, 0.3) is 10.9 Å². The molecule has 3 rings (SSSR count). The molecule has 0 unspecified atom stereocenters. The van der Waals surface area contributed by atoms with E-state index in [1.165, 1.54) is 31.4 Å². The van der Waals surface area contributed by atoms with Crippen molar-refractivity contribution in [2.75, 3.05) is 20.3 Å². The number of para-hydroxylation sites is 1. The average molecular weight is 371 g/mol. The Morgan fingerprint density at radius 1 is 1.04 bits per heavy atom. The Balaban J connectivity index is 1.57. The first-order chi connectivity index (χ1) is 13.1. The first-order valence-electron chi connectivity index (χ1n) is 8.28. The molecule has 0 bridgehead atoms. The van der Waals surface area contributed by atoms with Gasteiger partial charge in [0.1, 0.15) is 31.3 Å². The maximum absolute atomic E-state index is 12.8. The minimum absolute atomic E-state index is 0.0476. The predicted octanol–water partition coefficient (Wildman–Crippen LogP) is 3.19. The van der Waals surface area contributed by atoms with Crippen LogP contribution in [0.3, 0.4) is 0 Å². The third-order valence-electron chi connectivity index (χ3n) is 3.92. The van der Waals surface area contributed by atoms with E-state index in [0.717, 1.165) is 5.52 Å². The molecule has 7 heteroatoms. The normalized spacial score (nSPS) is 10.6. The number of esters is 2. The number of carbonyl (C=O) groups excluding carboxylic acids is 2. The van der Waals surface area contributed by atoms with Crippen molar-refractivity contribution in [3.63, 3.8) is 0 Å². The lowest BCUT2D eigenvalue weighted by molar-refractivity contribution is -0.145. The molecular formula is C20H18FNO5. The van der Waals surface area contributed by atoms with Gasteiger partial charge in [-0.25, -0.2) is 9.18 Å². The summed E-state index contributed by atoms with van der Waals surface area (Å²) in [6, 6.07) is 12.8. The molecule has 0 fully saturated rings. The lowest BCUT2D eigenvalue weighted by Crippen LogP contribution is -2.17. The summed E-state index contributed by atoms with van der Waals surface area (Å²) < 4.78 is 29.8. The van der Waals surface area contributed by atoms with Gasteiger partial charge in [-0.3, -0.25) is 4.79 Å². The zero-order valence-electron chi connectivity index (χ0n) is 14.7. The number of halogens is 1. The van der Waals surface area contributed by atoms with Gasteiger partial charge in [-0.1, -0.05) is 18.2 Å². The summed E-state index contributed by atoms with van der Waals surface area (Å²) in [7, 11) is 1.31. The third-order valence-corrected chi connectivity index (χ3v) is 3.92. The Morgan fingerprint density at radius 3 is 2.52 bits per heavy atom. The highest BCUT2D eigenvalue weighted by molar-refractivity contribution is 6.04. The smallest absolute Gasteiger partial charge is 0.340 e. The molecule has 6 nitrogen and oxygen atoms in total. The minimum Gasteiger partial charge on any atom is -0.490 e. The van der Waals surface area contributed by atoms with Crippen molar-refractivity contribution in [2.45, 2.75) is 6.54 Å². The van der Waals surface area contributed by atoms with E-state index in [4.69, 9.17) is 14.2 Å². The van der Waals surface area contributed by atoms with Crippen LogP contribution in [0.15, 0.2) is 54.7 Å². The van der Waals surface area contributed by atoms with Crippen LogP contribution in [-0.2, 0) is 20.8 Å². The fraction of sp³-hybridized carbons (Fsp3) is 0.200. The van der Waals surface area contributed by atoms with Crippen LogP contribution < -0.4 is 4.74 Å². The highest BCUT2D eigenvalue weighted by Gasteiger charge is 2.16. The van der Waals surface area contributed by atoms with Crippen LogP contribution in [0.1, 0.15) is 10.4 Å². The Labute approximate surface area is 155 Å². The lowest BCUT2D eigenvalue weighted by atomic mass is 10.2. The Morgan fingerprint density at radius 2 is 1.78 bits per heavy atom. The molecule has 0 amide bonds. The molecule has 1 heterocycles. The summed E-state index contributed by atoms with van der Waals surface area (Å²) in [4.78, 5) is 24.0. The molecule has 0 N–H and O–H groups in total. The van der Waals surface area contributed by atoms with Gasteiger partial charge in [0.25, 0.3) is 0 Å². The molecule has 0 aliphatic heterocycles. The number of aromatic nitrogens is 1. The molecule has 0 spiro atoms. The number of hydrogen-bond donors (Lipinski definition) is 0. The number of carbonyl (C=O) groups is 2. The summed E-state index contributed by atoms with van der Waals surface area (Å²) in [6.45, 7) is 0.157. The Hall–Kier alpha value is -3.35. The number of nitrogens with zero attached hydrogens (tertiary/aromatic N) is 1. The Bertz CT molecular complexity index is 949. The van der Waals surface area contributed by atoms with Gasteiger partial charge < -0.3 is 18.8 Å². The van der Waals surface area contributed by atoms with Gasteiger partial charge in [0.05, 0.1) is 12.7 Å². The second kappa shape index (κ2) is 8.35. The Kier molecular flexibility index (Phi) is 5.71. The maximum atomic E-state index is 12.8. The number of hydrogen-bond acceptors (Lipinski definition) is 5. The van der Waals surface area contributed by atoms with E-state index < -0.39 is 11.9 Å². The topological polar surface area (TPSA) is 66.8 Å². The van der Waals surface area contributed by atoms with Gasteiger partial charge in [0.15, 0.2) is 0 Å². The predicted molar refractivity (Wildman–Crippen MR) is 96.1 cm³/mol. The van der Waals surface area contributed by atoms with Gasteiger partial charge in [-0.2, -0.15) is 0 Å². The van der Waals surface area contributed by atoms with Crippen LogP contribution in [-0.4, -0.2) is 36.8 Å². The van der Waals surface area contributed by atoms with Crippen LogP contribution in [0.2, 0.25) is 0 Å². The van der Waals surface area contributed by atoms with E-state index in [2.05, 4.69) is 0 Å². The van der Waals surface area contributed by atoms with E-state index in [0.29, 0.717) is 16.7 Å². The van der Waals surface area contributed by atoms with Gasteiger partial charge in [-0.15, -0.1) is 0 Å². The quantitative estimate of drug-likeness (QED) is 0.471. The summed E-state index contributed by atoms with van der Waals surface area (Å²) in [5, 5.41) is 0.705. The molecule has 0 aliphatic carbocycles. The first kappa shape index (κ1) is 18.4. The van der Waals surface area contributed by atoms with Crippen molar-refractivity contribution in [3.8, 4) is 5.75 Å². The minimum atomic E-state index is -0.467. The third kappa shape index (κ3) is 4.44. The summed E-state index contributed by atoms with van der Waals surface area (Å²) >= 11 is 0. The van der Waals surface area contributed by atoms with Crippen molar-refractivity contribution in [1.82, 2.24) is 4.57 Å². The second-order valence-corrected chi connectivity index (χ2v) is 5.70. The van der Waals surface area contributed by atoms with Crippen LogP contribution in [0, 0.1) is 5.82 Å². The molecule has 1 aromatic heterocycles. The van der Waals surface area contributed by atoms with Gasteiger partial charge in [-0.05, 0) is 30.3 Å². The van der Waals surface area contributed by atoms with Crippen molar-refractivity contribution in [1.29, 1.82) is 0 Å². The number of rotatable bonds is 7. The molecule has 0 aliphatic rings. The molecule has 27 heavy (non-hydrogen) atoms. The van der Waals surface area contributed by atoms with E-state index in [9.17, 15) is 14.0 Å².